The van der Waals surface area contributed by atoms with Crippen LogP contribution in [0.2, 0.25) is 0 Å². The first-order valence-electron chi connectivity index (χ1n) is 7.15. The maximum Gasteiger partial charge on any atom is 0.195 e. The van der Waals surface area contributed by atoms with Crippen LogP contribution in [0.25, 0.3) is 10.9 Å². The first kappa shape index (κ1) is 12.8. The predicted octanol–water partition coefficient (Wildman–Crippen LogP) is 4.65. The van der Waals surface area contributed by atoms with Crippen molar-refractivity contribution in [3.63, 3.8) is 0 Å². The van der Waals surface area contributed by atoms with Gasteiger partial charge in [0.1, 0.15) is 0 Å². The lowest BCUT2D eigenvalue weighted by molar-refractivity contribution is 0.104. The minimum atomic E-state index is 0.0956. The van der Waals surface area contributed by atoms with Gasteiger partial charge in [0.15, 0.2) is 5.78 Å². The highest BCUT2D eigenvalue weighted by Gasteiger charge is 2.17. The zero-order chi connectivity index (χ0) is 14.4. The van der Waals surface area contributed by atoms with Crippen LogP contribution in [-0.2, 0) is 12.8 Å². The third kappa shape index (κ3) is 2.12. The topological polar surface area (TPSA) is 32.9 Å². The van der Waals surface area contributed by atoms with Gasteiger partial charge in [-0.15, -0.1) is 0 Å². The van der Waals surface area contributed by atoms with Crippen molar-refractivity contribution >= 4 is 32.6 Å². The molecule has 0 fully saturated rings. The summed E-state index contributed by atoms with van der Waals surface area (Å²) in [5.41, 5.74) is 5.25. The van der Waals surface area contributed by atoms with Crippen molar-refractivity contribution in [2.24, 2.45) is 0 Å². The van der Waals surface area contributed by atoms with Crippen molar-refractivity contribution in [3.05, 3.63) is 69.3 Å². The van der Waals surface area contributed by atoms with E-state index in [2.05, 4.69) is 33.0 Å². The highest BCUT2D eigenvalue weighted by molar-refractivity contribution is 9.10. The highest BCUT2D eigenvalue weighted by atomic mass is 79.9. The Morgan fingerprint density at radius 1 is 1.05 bits per heavy atom. The molecule has 0 amide bonds. The number of aryl methyl sites for hydroxylation is 2. The molecular formula is C18H14BrNO. The molecule has 1 aliphatic carbocycles. The summed E-state index contributed by atoms with van der Waals surface area (Å²) < 4.78 is 1.01. The number of H-pyrrole nitrogens is 1. The van der Waals surface area contributed by atoms with Gasteiger partial charge in [0.2, 0.25) is 0 Å². The van der Waals surface area contributed by atoms with Gasteiger partial charge in [0, 0.05) is 32.7 Å². The van der Waals surface area contributed by atoms with Gasteiger partial charge in [-0.3, -0.25) is 4.79 Å². The molecule has 0 aliphatic heterocycles. The van der Waals surface area contributed by atoms with Crippen LogP contribution in [0, 0.1) is 0 Å². The van der Waals surface area contributed by atoms with Gasteiger partial charge in [-0.05, 0) is 48.6 Å². The SMILES string of the molecule is O=C(c1ccc2c(c1)CCC2)c1c[nH]c2cc(Br)ccc12. The van der Waals surface area contributed by atoms with Crippen LogP contribution >= 0.6 is 15.9 Å². The molecule has 0 saturated heterocycles. The Hall–Kier alpha value is -1.87. The molecule has 2 nitrogen and oxygen atoms in total. The third-order valence-corrected chi connectivity index (χ3v) is 4.74. The number of carbonyl (C=O) groups excluding carboxylic acids is 1. The average molecular weight is 340 g/mol. The number of carbonyl (C=O) groups is 1. The molecule has 1 N–H and O–H groups in total. The Kier molecular flexibility index (Phi) is 2.96. The van der Waals surface area contributed by atoms with Gasteiger partial charge < -0.3 is 4.98 Å². The number of halogens is 1. The Bertz CT molecular complexity index is 863. The maximum atomic E-state index is 12.8. The molecule has 3 heteroatoms. The fourth-order valence-corrected chi connectivity index (χ4v) is 3.52. The zero-order valence-corrected chi connectivity index (χ0v) is 13.0. The summed E-state index contributed by atoms with van der Waals surface area (Å²) in [5, 5.41) is 0.976. The van der Waals surface area contributed by atoms with E-state index in [9.17, 15) is 4.79 Å². The Morgan fingerprint density at radius 2 is 1.90 bits per heavy atom. The van der Waals surface area contributed by atoms with Crippen molar-refractivity contribution in [1.82, 2.24) is 4.98 Å². The van der Waals surface area contributed by atoms with E-state index in [4.69, 9.17) is 0 Å². The van der Waals surface area contributed by atoms with Crippen LogP contribution in [0.1, 0.15) is 33.5 Å². The van der Waals surface area contributed by atoms with E-state index in [0.717, 1.165) is 39.3 Å². The van der Waals surface area contributed by atoms with E-state index >= 15 is 0 Å². The molecule has 3 aromatic rings. The van der Waals surface area contributed by atoms with E-state index in [-0.39, 0.29) is 5.78 Å². The molecule has 0 spiro atoms. The molecule has 0 saturated carbocycles. The van der Waals surface area contributed by atoms with E-state index in [1.54, 1.807) is 0 Å². The summed E-state index contributed by atoms with van der Waals surface area (Å²) in [4.78, 5) is 16.0. The molecular weight excluding hydrogens is 326 g/mol. The molecule has 2 aromatic carbocycles. The van der Waals surface area contributed by atoms with Crippen molar-refractivity contribution in [3.8, 4) is 0 Å². The Balaban J connectivity index is 1.79. The van der Waals surface area contributed by atoms with Gasteiger partial charge >= 0.3 is 0 Å². The first-order chi connectivity index (χ1) is 10.2. The summed E-state index contributed by atoms with van der Waals surface area (Å²) >= 11 is 3.45. The standard InChI is InChI=1S/C18H14BrNO/c19-14-6-7-15-16(10-20-17(15)9-14)18(21)13-5-4-11-2-1-3-12(11)8-13/h4-10,20H,1-3H2. The smallest absolute Gasteiger partial charge is 0.195 e. The van der Waals surface area contributed by atoms with E-state index in [1.165, 1.54) is 17.5 Å². The molecule has 1 heterocycles. The minimum Gasteiger partial charge on any atom is -0.360 e. The second-order valence-corrected chi connectivity index (χ2v) is 6.47. The highest BCUT2D eigenvalue weighted by Crippen LogP contribution is 2.27. The quantitative estimate of drug-likeness (QED) is 0.677. The number of ketones is 1. The number of fused-ring (bicyclic) bond motifs is 2. The van der Waals surface area contributed by atoms with Crippen LogP contribution in [0.4, 0.5) is 0 Å². The number of hydrogen-bond donors (Lipinski definition) is 1. The number of aromatic nitrogens is 1. The summed E-state index contributed by atoms with van der Waals surface area (Å²) in [6.45, 7) is 0. The van der Waals surface area contributed by atoms with Crippen LogP contribution in [0.15, 0.2) is 47.1 Å². The largest absolute Gasteiger partial charge is 0.360 e. The molecule has 4 rings (SSSR count). The monoisotopic (exact) mass is 339 g/mol. The average Bonchev–Trinajstić information content (AvgIpc) is 3.11. The number of aromatic amines is 1. The molecule has 0 bridgehead atoms. The predicted molar refractivity (Wildman–Crippen MR) is 87.9 cm³/mol. The van der Waals surface area contributed by atoms with Gasteiger partial charge in [0.05, 0.1) is 0 Å². The van der Waals surface area contributed by atoms with Crippen molar-refractivity contribution in [2.75, 3.05) is 0 Å². The zero-order valence-electron chi connectivity index (χ0n) is 11.4. The molecule has 104 valence electrons. The van der Waals surface area contributed by atoms with Gasteiger partial charge in [-0.2, -0.15) is 0 Å². The lowest BCUT2D eigenvalue weighted by Crippen LogP contribution is -2.01. The summed E-state index contributed by atoms with van der Waals surface area (Å²) in [6, 6.07) is 12.1. The summed E-state index contributed by atoms with van der Waals surface area (Å²) in [7, 11) is 0. The van der Waals surface area contributed by atoms with Gasteiger partial charge in [-0.1, -0.05) is 34.1 Å². The van der Waals surface area contributed by atoms with Crippen LogP contribution in [-0.4, -0.2) is 10.8 Å². The molecule has 0 radical (unpaired) electrons. The molecule has 21 heavy (non-hydrogen) atoms. The fourth-order valence-electron chi connectivity index (χ4n) is 3.15. The number of nitrogens with one attached hydrogen (secondary N) is 1. The Labute approximate surface area is 131 Å². The lowest BCUT2D eigenvalue weighted by atomic mass is 9.99. The lowest BCUT2D eigenvalue weighted by Gasteiger charge is -2.04. The Morgan fingerprint density at radius 3 is 2.81 bits per heavy atom. The van der Waals surface area contributed by atoms with Crippen molar-refractivity contribution < 1.29 is 4.79 Å². The van der Waals surface area contributed by atoms with E-state index < -0.39 is 0 Å². The van der Waals surface area contributed by atoms with Crippen molar-refractivity contribution in [2.45, 2.75) is 19.3 Å². The number of hydrogen-bond acceptors (Lipinski definition) is 1. The van der Waals surface area contributed by atoms with E-state index in [1.807, 2.05) is 30.5 Å². The first-order valence-corrected chi connectivity index (χ1v) is 7.95. The number of rotatable bonds is 2. The fraction of sp³-hybridized carbons (Fsp3) is 0.167. The second kappa shape index (κ2) is 4.85. The normalized spacial score (nSPS) is 13.6. The van der Waals surface area contributed by atoms with Crippen molar-refractivity contribution in [1.29, 1.82) is 0 Å². The minimum absolute atomic E-state index is 0.0956. The second-order valence-electron chi connectivity index (χ2n) is 5.56. The molecule has 0 unspecified atom stereocenters. The van der Waals surface area contributed by atoms with Gasteiger partial charge in [0.25, 0.3) is 0 Å². The molecule has 0 atom stereocenters. The van der Waals surface area contributed by atoms with Crippen LogP contribution in [0.3, 0.4) is 0 Å². The summed E-state index contributed by atoms with van der Waals surface area (Å²) in [6.07, 6.45) is 5.25. The van der Waals surface area contributed by atoms with Crippen LogP contribution < -0.4 is 0 Å². The number of benzene rings is 2. The molecule has 1 aromatic heterocycles. The third-order valence-electron chi connectivity index (χ3n) is 4.25. The van der Waals surface area contributed by atoms with Gasteiger partial charge in [-0.25, -0.2) is 0 Å². The maximum absolute atomic E-state index is 12.8. The molecule has 1 aliphatic rings. The summed E-state index contributed by atoms with van der Waals surface area (Å²) in [5.74, 6) is 0.0956. The van der Waals surface area contributed by atoms with E-state index in [0.29, 0.717) is 0 Å². The van der Waals surface area contributed by atoms with Crippen LogP contribution in [0.5, 0.6) is 0 Å².